The lowest BCUT2D eigenvalue weighted by Crippen LogP contribution is -2.48. The molecule has 0 atom stereocenters. The molecule has 0 radical (unpaired) electrons. The van der Waals surface area contributed by atoms with E-state index in [-0.39, 0.29) is 5.91 Å². The van der Waals surface area contributed by atoms with E-state index in [1.165, 1.54) is 0 Å². The van der Waals surface area contributed by atoms with E-state index in [0.29, 0.717) is 5.56 Å². The summed E-state index contributed by atoms with van der Waals surface area (Å²) in [6.45, 7) is 4.19. The van der Waals surface area contributed by atoms with Crippen LogP contribution < -0.4 is 9.64 Å². The third kappa shape index (κ3) is 3.22. The zero-order valence-corrected chi connectivity index (χ0v) is 20.4. The van der Waals surface area contributed by atoms with Gasteiger partial charge in [0, 0.05) is 16.7 Å². The maximum Gasteiger partial charge on any atom is 0.259 e. The second kappa shape index (κ2) is 7.96. The highest BCUT2D eigenvalue weighted by atomic mass is 32.9. The molecule has 2 heterocycles. The molecule has 0 spiro atoms. The highest BCUT2D eigenvalue weighted by molar-refractivity contribution is 7.80. The number of carbonyl (C=O) groups is 1. The van der Waals surface area contributed by atoms with Gasteiger partial charge in [0.2, 0.25) is 0 Å². The predicted molar refractivity (Wildman–Crippen MR) is 137 cm³/mol. The molecule has 3 nitrogen and oxygen atoms in total. The Morgan fingerprint density at radius 1 is 0.938 bits per heavy atom. The lowest BCUT2D eigenvalue weighted by atomic mass is 9.86. The average molecular weight is 476 g/mol. The van der Waals surface area contributed by atoms with Crippen LogP contribution in [0.15, 0.2) is 72.8 Å². The van der Waals surface area contributed by atoms with Crippen molar-refractivity contribution in [3.8, 4) is 28.0 Å². The van der Waals surface area contributed by atoms with Crippen LogP contribution in [0.5, 0.6) is 5.75 Å². The molecule has 4 aromatic rings. The quantitative estimate of drug-likeness (QED) is 0.224. The molecule has 0 N–H and O–H groups in total. The summed E-state index contributed by atoms with van der Waals surface area (Å²) in [5.74, 6) is 0.716. The van der Waals surface area contributed by atoms with E-state index < -0.39 is 5.54 Å². The zero-order chi connectivity index (χ0) is 22.5. The fourth-order valence-electron chi connectivity index (χ4n) is 4.36. The largest absolute Gasteiger partial charge is 0.497 e. The number of fused-ring (bicyclic) bond motifs is 3. The molecule has 5 rings (SSSR count). The Labute approximate surface area is 199 Å². The van der Waals surface area contributed by atoms with Gasteiger partial charge < -0.3 is 4.74 Å². The highest BCUT2D eigenvalue weighted by Crippen LogP contribution is 2.53. The zero-order valence-electron chi connectivity index (χ0n) is 17.9. The van der Waals surface area contributed by atoms with E-state index in [0.717, 1.165) is 42.4 Å². The third-order valence-electron chi connectivity index (χ3n) is 5.91. The molecule has 1 aliphatic heterocycles. The molecule has 1 aliphatic rings. The number of methoxy groups -OCH3 is 1. The van der Waals surface area contributed by atoms with E-state index in [9.17, 15) is 4.79 Å². The van der Waals surface area contributed by atoms with E-state index in [4.69, 9.17) is 17.0 Å². The minimum absolute atomic E-state index is 0.0316. The maximum absolute atomic E-state index is 14.2. The van der Waals surface area contributed by atoms with Gasteiger partial charge in [-0.1, -0.05) is 81.4 Å². The van der Waals surface area contributed by atoms with Gasteiger partial charge in [0.05, 0.1) is 23.2 Å². The molecule has 0 saturated heterocycles. The summed E-state index contributed by atoms with van der Waals surface area (Å²) in [6, 6.07) is 23.7. The lowest BCUT2D eigenvalue weighted by Gasteiger charge is -2.43. The summed E-state index contributed by atoms with van der Waals surface area (Å²) in [5, 5.41) is 0. The highest BCUT2D eigenvalue weighted by Gasteiger charge is 2.43. The van der Waals surface area contributed by atoms with Crippen molar-refractivity contribution in [2.75, 3.05) is 12.0 Å². The minimum Gasteiger partial charge on any atom is -0.497 e. The van der Waals surface area contributed by atoms with Crippen LogP contribution in [0, 0.1) is 3.82 Å². The summed E-state index contributed by atoms with van der Waals surface area (Å²) >= 11 is 5.70. The molecule has 32 heavy (non-hydrogen) atoms. The van der Waals surface area contributed by atoms with Crippen molar-refractivity contribution in [1.82, 2.24) is 0 Å². The molecule has 1 aromatic heterocycles. The van der Waals surface area contributed by atoms with Crippen molar-refractivity contribution in [2.45, 2.75) is 19.4 Å². The predicted octanol–water partition coefficient (Wildman–Crippen LogP) is 7.78. The van der Waals surface area contributed by atoms with Crippen LogP contribution in [-0.2, 0) is 5.54 Å². The molecule has 0 fully saturated rings. The fraction of sp³-hybridized carbons (Fsp3) is 0.154. The number of rotatable bonds is 3. The number of hydrogen-bond donors (Lipinski definition) is 0. The molecule has 0 unspecified atom stereocenters. The van der Waals surface area contributed by atoms with Crippen molar-refractivity contribution in [3.05, 3.63) is 87.1 Å². The molecule has 6 heteroatoms. The van der Waals surface area contributed by atoms with Gasteiger partial charge >= 0.3 is 0 Å². The van der Waals surface area contributed by atoms with Gasteiger partial charge in [-0.3, -0.25) is 9.69 Å². The van der Waals surface area contributed by atoms with Gasteiger partial charge in [-0.2, -0.15) is 0 Å². The normalized spacial score (nSPS) is 13.9. The van der Waals surface area contributed by atoms with Crippen molar-refractivity contribution >= 4 is 44.5 Å². The first-order valence-electron chi connectivity index (χ1n) is 10.2. The first-order valence-corrected chi connectivity index (χ1v) is 12.8. The van der Waals surface area contributed by atoms with Gasteiger partial charge in [-0.25, -0.2) is 0 Å². The second-order valence-electron chi connectivity index (χ2n) is 8.15. The summed E-state index contributed by atoms with van der Waals surface area (Å²) in [4.78, 5) is 17.3. The number of carbonyl (C=O) groups excluding carboxylic acids is 1. The number of anilines is 1. The van der Waals surface area contributed by atoms with Crippen LogP contribution in [0.3, 0.4) is 0 Å². The van der Waals surface area contributed by atoms with E-state index >= 15 is 0 Å². The number of ether oxygens (including phenoxy) is 1. The minimum atomic E-state index is -0.546. The van der Waals surface area contributed by atoms with Gasteiger partial charge in [-0.15, -0.1) is 0 Å². The lowest BCUT2D eigenvalue weighted by molar-refractivity contribution is 0.0962. The van der Waals surface area contributed by atoms with Gasteiger partial charge in [0.25, 0.3) is 5.91 Å². The smallest absolute Gasteiger partial charge is 0.259 e. The standard InChI is InChI=1S/C26H21NO2S3/c1-26(2)23-22(25(30)32-31-23)20-15-17(29-3)13-14-21(20)27(26)24(28)19-12-8-7-11-18(19)16-9-5-4-6-10-16/h4-15H,1-3H3. The Balaban J connectivity index is 1.73. The van der Waals surface area contributed by atoms with Gasteiger partial charge in [-0.05, 0) is 49.2 Å². The van der Waals surface area contributed by atoms with Crippen molar-refractivity contribution in [3.63, 3.8) is 0 Å². The van der Waals surface area contributed by atoms with E-state index in [1.54, 1.807) is 27.8 Å². The van der Waals surface area contributed by atoms with Crippen LogP contribution in [0.4, 0.5) is 5.69 Å². The number of benzene rings is 3. The number of hydrogen-bond acceptors (Lipinski definition) is 5. The Hall–Kier alpha value is -2.80. The fourth-order valence-corrected chi connectivity index (χ4v) is 7.64. The first-order chi connectivity index (χ1) is 15.4. The van der Waals surface area contributed by atoms with Gasteiger partial charge in [0.15, 0.2) is 0 Å². The Morgan fingerprint density at radius 3 is 2.41 bits per heavy atom. The molecule has 3 aromatic carbocycles. The molecular weight excluding hydrogens is 454 g/mol. The summed E-state index contributed by atoms with van der Waals surface area (Å²) in [6.07, 6.45) is 0. The SMILES string of the molecule is COc1ccc2c(c1)-c1c(ssc1=S)C(C)(C)N2C(=O)c1ccccc1-c1ccccc1. The maximum atomic E-state index is 14.2. The van der Waals surface area contributed by atoms with Crippen LogP contribution >= 0.6 is 32.9 Å². The van der Waals surface area contributed by atoms with Gasteiger partial charge in [0.1, 0.15) is 9.57 Å². The monoisotopic (exact) mass is 475 g/mol. The molecule has 0 bridgehead atoms. The summed E-state index contributed by atoms with van der Waals surface area (Å²) in [7, 11) is 4.89. The van der Waals surface area contributed by atoms with Crippen LogP contribution in [0.1, 0.15) is 29.1 Å². The van der Waals surface area contributed by atoms with Crippen molar-refractivity contribution < 1.29 is 9.53 Å². The number of amides is 1. The van der Waals surface area contributed by atoms with Crippen LogP contribution in [0.25, 0.3) is 22.3 Å². The average Bonchev–Trinajstić information content (AvgIpc) is 3.22. The van der Waals surface area contributed by atoms with Crippen LogP contribution in [-0.4, -0.2) is 13.0 Å². The van der Waals surface area contributed by atoms with Crippen molar-refractivity contribution in [1.29, 1.82) is 0 Å². The topological polar surface area (TPSA) is 29.5 Å². The Morgan fingerprint density at radius 2 is 1.66 bits per heavy atom. The number of nitrogens with zero attached hydrogens (tertiary/aromatic N) is 1. The molecule has 1 amide bonds. The Kier molecular flexibility index (Phi) is 5.24. The molecule has 160 valence electrons. The Bertz CT molecular complexity index is 1390. The summed E-state index contributed by atoms with van der Waals surface area (Å²) in [5.41, 5.74) is 4.93. The van der Waals surface area contributed by atoms with Crippen LogP contribution in [0.2, 0.25) is 0 Å². The van der Waals surface area contributed by atoms with E-state index in [2.05, 4.69) is 13.8 Å². The molecule has 0 saturated carbocycles. The third-order valence-corrected chi connectivity index (χ3v) is 9.24. The molecule has 0 aliphatic carbocycles. The second-order valence-corrected chi connectivity index (χ2v) is 11.0. The van der Waals surface area contributed by atoms with E-state index in [1.807, 2.05) is 77.7 Å². The first kappa shape index (κ1) is 21.1. The summed E-state index contributed by atoms with van der Waals surface area (Å²) < 4.78 is 6.34. The van der Waals surface area contributed by atoms with Crippen molar-refractivity contribution in [2.24, 2.45) is 0 Å². The molecular formula is C26H21NO2S3.